The van der Waals surface area contributed by atoms with E-state index in [1.807, 2.05) is 0 Å². The molecule has 1 N–H and O–H groups in total. The molecule has 0 spiro atoms. The van der Waals surface area contributed by atoms with E-state index in [0.717, 1.165) is 18.2 Å². The second-order valence-corrected chi connectivity index (χ2v) is 9.10. The Bertz CT molecular complexity index is 1390. The minimum absolute atomic E-state index is 0.0581. The largest absolute Gasteiger partial charge is 0.416 e. The molecule has 0 saturated heterocycles. The summed E-state index contributed by atoms with van der Waals surface area (Å²) in [5, 5.41) is 3.26. The zero-order valence-electron chi connectivity index (χ0n) is 19.5. The number of benzene rings is 3. The van der Waals surface area contributed by atoms with Crippen LogP contribution in [-0.4, -0.2) is 4.98 Å². The molecule has 0 aliphatic carbocycles. The highest BCUT2D eigenvalue weighted by atomic mass is 35.5. The number of hydrogen-bond donors (Lipinski definition) is 1. The van der Waals surface area contributed by atoms with Crippen LogP contribution in [0, 0.1) is 5.82 Å². The molecule has 1 heterocycles. The van der Waals surface area contributed by atoms with Crippen molar-refractivity contribution in [2.75, 3.05) is 0 Å². The number of nitrogens with zero attached hydrogens (tertiary/aromatic N) is 1. The number of hydrogen-bond acceptors (Lipinski definition) is 2. The lowest BCUT2D eigenvalue weighted by molar-refractivity contribution is -0.139. The predicted molar refractivity (Wildman–Crippen MR) is 130 cm³/mol. The van der Waals surface area contributed by atoms with E-state index in [0.29, 0.717) is 11.6 Å². The third-order valence-electron chi connectivity index (χ3n) is 6.10. The molecule has 0 saturated carbocycles. The summed E-state index contributed by atoms with van der Waals surface area (Å²) in [6.07, 6.45) is -8.32. The molecule has 198 valence electrons. The van der Waals surface area contributed by atoms with Crippen molar-refractivity contribution in [3.8, 4) is 0 Å². The molecule has 1 aromatic heterocycles. The van der Waals surface area contributed by atoms with Gasteiger partial charge in [-0.05, 0) is 53.1 Å². The Morgan fingerprint density at radius 2 is 1.39 bits per heavy atom. The van der Waals surface area contributed by atoms with Crippen LogP contribution in [0.4, 0.5) is 30.7 Å². The van der Waals surface area contributed by atoms with Crippen LogP contribution in [0.25, 0.3) is 0 Å². The van der Waals surface area contributed by atoms with E-state index in [1.165, 1.54) is 36.5 Å². The molecule has 38 heavy (non-hydrogen) atoms. The van der Waals surface area contributed by atoms with Crippen LogP contribution in [0.5, 0.6) is 0 Å². The first-order valence-electron chi connectivity index (χ1n) is 11.3. The molecule has 0 aliphatic rings. The van der Waals surface area contributed by atoms with Crippen LogP contribution in [-0.2, 0) is 30.9 Å². The fourth-order valence-electron chi connectivity index (χ4n) is 4.32. The number of alkyl halides is 6. The Morgan fingerprint density at radius 3 is 2.03 bits per heavy atom. The smallest absolute Gasteiger partial charge is 0.298 e. The monoisotopic (exact) mass is 552 g/mol. The van der Waals surface area contributed by atoms with Crippen LogP contribution in [0.1, 0.15) is 33.5 Å². The quantitative estimate of drug-likeness (QED) is 0.234. The van der Waals surface area contributed by atoms with Crippen LogP contribution in [0.3, 0.4) is 0 Å². The average Bonchev–Trinajstić information content (AvgIpc) is 2.86. The highest BCUT2D eigenvalue weighted by Crippen LogP contribution is 2.39. The van der Waals surface area contributed by atoms with Gasteiger partial charge in [-0.2, -0.15) is 26.3 Å². The molecule has 0 bridgehead atoms. The molecule has 0 radical (unpaired) electrons. The third kappa shape index (κ3) is 6.16. The molecule has 4 rings (SSSR count). The van der Waals surface area contributed by atoms with Gasteiger partial charge in [0.1, 0.15) is 5.82 Å². The Labute approximate surface area is 219 Å². The molecule has 3 aromatic carbocycles. The van der Waals surface area contributed by atoms with E-state index in [2.05, 4.69) is 10.3 Å². The van der Waals surface area contributed by atoms with Crippen LogP contribution < -0.4 is 5.32 Å². The van der Waals surface area contributed by atoms with Crippen molar-refractivity contribution in [2.45, 2.75) is 30.9 Å². The number of rotatable bonds is 7. The highest BCUT2D eigenvalue weighted by molar-refractivity contribution is 6.30. The van der Waals surface area contributed by atoms with Gasteiger partial charge in [0.05, 0.1) is 27.4 Å². The molecule has 1 atom stereocenters. The predicted octanol–water partition coefficient (Wildman–Crippen LogP) is 8.19. The molecule has 0 amide bonds. The van der Waals surface area contributed by atoms with E-state index < -0.39 is 41.4 Å². The van der Waals surface area contributed by atoms with Crippen molar-refractivity contribution in [1.29, 1.82) is 0 Å². The van der Waals surface area contributed by atoms with Crippen molar-refractivity contribution in [3.05, 3.63) is 135 Å². The zero-order valence-corrected chi connectivity index (χ0v) is 20.3. The Hall–Kier alpha value is -3.43. The summed E-state index contributed by atoms with van der Waals surface area (Å²) in [5.41, 5.74) is -3.34. The van der Waals surface area contributed by atoms with E-state index in [1.54, 1.807) is 30.3 Å². The lowest BCUT2D eigenvalue weighted by Gasteiger charge is -2.36. The summed E-state index contributed by atoms with van der Waals surface area (Å²) in [4.78, 5) is 4.31. The summed E-state index contributed by atoms with van der Waals surface area (Å²) < 4.78 is 96.9. The van der Waals surface area contributed by atoms with Crippen LogP contribution in [0.2, 0.25) is 5.02 Å². The summed E-state index contributed by atoms with van der Waals surface area (Å²) in [6.45, 7) is -0.412. The van der Waals surface area contributed by atoms with Crippen molar-refractivity contribution < 1.29 is 30.7 Å². The van der Waals surface area contributed by atoms with Crippen LogP contribution in [0.15, 0.2) is 91.1 Å². The first-order chi connectivity index (χ1) is 17.9. The van der Waals surface area contributed by atoms with Crippen molar-refractivity contribution in [1.82, 2.24) is 10.3 Å². The molecule has 4 aromatic rings. The lowest BCUT2D eigenvalue weighted by atomic mass is 9.79. The molecule has 2 nitrogen and oxygen atoms in total. The van der Waals surface area contributed by atoms with Gasteiger partial charge in [0, 0.05) is 19.2 Å². The number of aromatic nitrogens is 1. The summed E-state index contributed by atoms with van der Waals surface area (Å²) in [5.74, 6) is -1.15. The fourth-order valence-corrected chi connectivity index (χ4v) is 4.43. The van der Waals surface area contributed by atoms with E-state index >= 15 is 0 Å². The zero-order chi connectivity index (χ0) is 27.6. The van der Waals surface area contributed by atoms with Gasteiger partial charge in [0.25, 0.3) is 0 Å². The Kier molecular flexibility index (Phi) is 7.80. The summed E-state index contributed by atoms with van der Waals surface area (Å²) >= 11 is 6.01. The van der Waals surface area contributed by atoms with Crippen molar-refractivity contribution in [3.63, 3.8) is 0 Å². The maximum Gasteiger partial charge on any atom is 0.416 e. The minimum Gasteiger partial charge on any atom is -0.298 e. The standard InChI is InChI=1S/C28H20ClF7N2/c29-22-10-11-25(37-17-22)26(15-18-6-2-1-3-7-18,20-12-21(27(31,32)33)14-23(30)13-20)38-16-19-8-4-5-9-24(19)28(34,35)36/h1-14,17,38H,15-16H2. The Morgan fingerprint density at radius 1 is 0.737 bits per heavy atom. The van der Waals surface area contributed by atoms with E-state index in [4.69, 9.17) is 11.6 Å². The van der Waals surface area contributed by atoms with E-state index in [-0.39, 0.29) is 28.3 Å². The normalized spacial score (nSPS) is 13.8. The van der Waals surface area contributed by atoms with Crippen molar-refractivity contribution in [2.24, 2.45) is 0 Å². The van der Waals surface area contributed by atoms with Gasteiger partial charge >= 0.3 is 12.4 Å². The van der Waals surface area contributed by atoms with Crippen LogP contribution >= 0.6 is 11.6 Å². The lowest BCUT2D eigenvalue weighted by Crippen LogP contribution is -2.46. The maximum atomic E-state index is 14.7. The van der Waals surface area contributed by atoms with E-state index in [9.17, 15) is 30.7 Å². The van der Waals surface area contributed by atoms with Crippen molar-refractivity contribution >= 4 is 11.6 Å². The molecule has 0 fully saturated rings. The van der Waals surface area contributed by atoms with Gasteiger partial charge < -0.3 is 0 Å². The fraction of sp³-hybridized carbons (Fsp3) is 0.179. The van der Waals surface area contributed by atoms with Gasteiger partial charge in [0.15, 0.2) is 0 Å². The molecular formula is C28H20ClF7N2. The number of pyridine rings is 1. The first-order valence-corrected chi connectivity index (χ1v) is 11.7. The Balaban J connectivity index is 1.95. The second-order valence-electron chi connectivity index (χ2n) is 8.66. The first kappa shape index (κ1) is 27.6. The SMILES string of the molecule is Fc1cc(C(F)(F)F)cc(C(Cc2ccccc2)(NCc2ccccc2C(F)(F)F)c2ccc(Cl)cn2)c1. The van der Waals surface area contributed by atoms with Gasteiger partial charge in [-0.15, -0.1) is 0 Å². The molecule has 10 heteroatoms. The minimum atomic E-state index is -4.87. The van der Waals surface area contributed by atoms with Gasteiger partial charge in [-0.1, -0.05) is 60.1 Å². The second kappa shape index (κ2) is 10.7. The molecule has 0 aliphatic heterocycles. The van der Waals surface area contributed by atoms with Gasteiger partial charge in [-0.25, -0.2) is 4.39 Å². The number of nitrogens with one attached hydrogen (secondary N) is 1. The van der Waals surface area contributed by atoms with Gasteiger partial charge in [-0.3, -0.25) is 10.3 Å². The highest BCUT2D eigenvalue weighted by Gasteiger charge is 2.40. The summed E-state index contributed by atoms with van der Waals surface area (Å²) in [6, 6.07) is 18.4. The topological polar surface area (TPSA) is 24.9 Å². The summed E-state index contributed by atoms with van der Waals surface area (Å²) in [7, 11) is 0. The maximum absolute atomic E-state index is 14.7. The molecule has 1 unspecified atom stereocenters. The van der Waals surface area contributed by atoms with Gasteiger partial charge in [0.2, 0.25) is 0 Å². The number of halogens is 8. The molecular weight excluding hydrogens is 533 g/mol. The third-order valence-corrected chi connectivity index (χ3v) is 6.32. The average molecular weight is 553 g/mol.